The van der Waals surface area contributed by atoms with E-state index in [9.17, 15) is 9.59 Å². The normalized spacial score (nSPS) is 17.1. The van der Waals surface area contributed by atoms with Gasteiger partial charge in [0.2, 0.25) is 0 Å². The van der Waals surface area contributed by atoms with Gasteiger partial charge in [0, 0.05) is 11.6 Å². The van der Waals surface area contributed by atoms with E-state index in [0.29, 0.717) is 0 Å². The number of carbonyl (C=O) groups is 2. The SMILES string of the molecule is CCC(CC1CC1)NC(=O)NC(C)(C)CC(=O)O. The molecule has 3 N–H and O–H groups in total. The Morgan fingerprint density at radius 3 is 2.44 bits per heavy atom. The van der Waals surface area contributed by atoms with Gasteiger partial charge >= 0.3 is 12.0 Å². The minimum atomic E-state index is -0.912. The summed E-state index contributed by atoms with van der Waals surface area (Å²) in [5, 5.41) is 14.4. The highest BCUT2D eigenvalue weighted by atomic mass is 16.4. The molecule has 1 unspecified atom stereocenters. The number of urea groups is 1. The molecule has 0 aliphatic heterocycles. The Balaban J connectivity index is 2.36. The molecule has 1 rings (SSSR count). The Morgan fingerprint density at radius 2 is 2.00 bits per heavy atom. The predicted molar refractivity (Wildman–Crippen MR) is 69.4 cm³/mol. The van der Waals surface area contributed by atoms with Crippen molar-refractivity contribution >= 4 is 12.0 Å². The molecule has 18 heavy (non-hydrogen) atoms. The van der Waals surface area contributed by atoms with Crippen molar-refractivity contribution in [1.29, 1.82) is 0 Å². The van der Waals surface area contributed by atoms with Crippen LogP contribution in [-0.4, -0.2) is 28.7 Å². The van der Waals surface area contributed by atoms with Gasteiger partial charge in [-0.25, -0.2) is 4.79 Å². The Labute approximate surface area is 108 Å². The highest BCUT2D eigenvalue weighted by Crippen LogP contribution is 2.33. The summed E-state index contributed by atoms with van der Waals surface area (Å²) in [5.74, 6) is -0.146. The lowest BCUT2D eigenvalue weighted by atomic mass is 10.0. The van der Waals surface area contributed by atoms with E-state index in [0.717, 1.165) is 18.8 Å². The third-order valence-electron chi connectivity index (χ3n) is 3.19. The Hall–Kier alpha value is -1.26. The fourth-order valence-electron chi connectivity index (χ4n) is 2.03. The van der Waals surface area contributed by atoms with Crippen molar-refractivity contribution in [2.75, 3.05) is 0 Å². The van der Waals surface area contributed by atoms with Crippen molar-refractivity contribution in [1.82, 2.24) is 10.6 Å². The first-order valence-corrected chi connectivity index (χ1v) is 6.63. The van der Waals surface area contributed by atoms with Crippen LogP contribution in [0, 0.1) is 5.92 Å². The molecule has 0 radical (unpaired) electrons. The number of nitrogens with one attached hydrogen (secondary N) is 2. The van der Waals surface area contributed by atoms with Crippen molar-refractivity contribution in [2.24, 2.45) is 5.92 Å². The molecule has 5 heteroatoms. The van der Waals surface area contributed by atoms with Crippen LogP contribution < -0.4 is 10.6 Å². The average molecular weight is 256 g/mol. The lowest BCUT2D eigenvalue weighted by molar-refractivity contribution is -0.138. The maximum Gasteiger partial charge on any atom is 0.315 e. The van der Waals surface area contributed by atoms with E-state index in [1.165, 1.54) is 12.8 Å². The maximum atomic E-state index is 11.8. The summed E-state index contributed by atoms with van der Waals surface area (Å²) in [6, 6.07) is -0.0770. The monoisotopic (exact) mass is 256 g/mol. The minimum Gasteiger partial charge on any atom is -0.481 e. The molecule has 0 aromatic heterocycles. The summed E-state index contributed by atoms with van der Waals surface area (Å²) >= 11 is 0. The van der Waals surface area contributed by atoms with E-state index in [2.05, 4.69) is 17.6 Å². The summed E-state index contributed by atoms with van der Waals surface area (Å²) in [6.07, 6.45) is 4.39. The third-order valence-corrected chi connectivity index (χ3v) is 3.19. The number of carbonyl (C=O) groups excluding carboxylic acids is 1. The molecule has 0 aromatic rings. The molecule has 1 aliphatic carbocycles. The van der Waals surface area contributed by atoms with E-state index >= 15 is 0 Å². The van der Waals surface area contributed by atoms with Crippen LogP contribution in [-0.2, 0) is 4.79 Å². The molecule has 0 bridgehead atoms. The molecule has 1 saturated carbocycles. The second-order valence-corrected chi connectivity index (χ2v) is 5.84. The summed E-state index contributed by atoms with van der Waals surface area (Å²) in [6.45, 7) is 5.47. The van der Waals surface area contributed by atoms with Crippen LogP contribution in [0.1, 0.15) is 52.9 Å². The van der Waals surface area contributed by atoms with E-state index in [1.54, 1.807) is 13.8 Å². The van der Waals surface area contributed by atoms with Gasteiger partial charge in [-0.2, -0.15) is 0 Å². The summed E-state index contributed by atoms with van der Waals surface area (Å²) in [5.41, 5.74) is -0.728. The second-order valence-electron chi connectivity index (χ2n) is 5.84. The van der Waals surface area contributed by atoms with Gasteiger partial charge in [0.1, 0.15) is 0 Å². The highest BCUT2D eigenvalue weighted by Gasteiger charge is 2.27. The van der Waals surface area contributed by atoms with Gasteiger partial charge < -0.3 is 15.7 Å². The molecule has 0 heterocycles. The Morgan fingerprint density at radius 1 is 1.39 bits per heavy atom. The number of carboxylic acids is 1. The number of hydrogen-bond acceptors (Lipinski definition) is 2. The number of rotatable bonds is 7. The van der Waals surface area contributed by atoms with Crippen LogP contribution in [0.25, 0.3) is 0 Å². The van der Waals surface area contributed by atoms with Crippen LogP contribution in [0.4, 0.5) is 4.79 Å². The summed E-state index contributed by atoms with van der Waals surface area (Å²) < 4.78 is 0. The first kappa shape index (κ1) is 14.8. The van der Waals surface area contributed by atoms with Gasteiger partial charge in [0.25, 0.3) is 0 Å². The van der Waals surface area contributed by atoms with Crippen molar-refractivity contribution in [3.8, 4) is 0 Å². The van der Waals surface area contributed by atoms with Crippen molar-refractivity contribution < 1.29 is 14.7 Å². The lowest BCUT2D eigenvalue weighted by Gasteiger charge is -2.26. The zero-order chi connectivity index (χ0) is 13.8. The molecule has 5 nitrogen and oxygen atoms in total. The molecule has 1 fully saturated rings. The highest BCUT2D eigenvalue weighted by molar-refractivity contribution is 5.76. The molecule has 1 aliphatic rings. The topological polar surface area (TPSA) is 78.4 Å². The smallest absolute Gasteiger partial charge is 0.315 e. The predicted octanol–water partition coefficient (Wildman–Crippen LogP) is 2.12. The molecule has 0 spiro atoms. The van der Waals surface area contributed by atoms with Crippen molar-refractivity contribution in [3.05, 3.63) is 0 Å². The van der Waals surface area contributed by atoms with Gasteiger partial charge in [0.15, 0.2) is 0 Å². The van der Waals surface area contributed by atoms with Gasteiger partial charge in [-0.15, -0.1) is 0 Å². The Kier molecular flexibility index (Phi) is 4.99. The van der Waals surface area contributed by atoms with Crippen LogP contribution in [0.2, 0.25) is 0 Å². The zero-order valence-corrected chi connectivity index (χ0v) is 11.5. The summed E-state index contributed by atoms with van der Waals surface area (Å²) in [4.78, 5) is 22.5. The molecule has 1 atom stereocenters. The van der Waals surface area contributed by atoms with E-state index in [-0.39, 0.29) is 18.5 Å². The van der Waals surface area contributed by atoms with Gasteiger partial charge in [-0.3, -0.25) is 4.79 Å². The fraction of sp³-hybridized carbons (Fsp3) is 0.846. The lowest BCUT2D eigenvalue weighted by Crippen LogP contribution is -2.51. The number of carboxylic acid groups (broad SMARTS) is 1. The Bertz CT molecular complexity index is 311. The standard InChI is InChI=1S/C13H24N2O3/c1-4-10(7-9-5-6-9)14-12(18)15-13(2,3)8-11(16)17/h9-10H,4-8H2,1-3H3,(H,16,17)(H2,14,15,18). The number of hydrogen-bond donors (Lipinski definition) is 3. The first-order chi connectivity index (χ1) is 8.32. The first-order valence-electron chi connectivity index (χ1n) is 6.63. The second kappa shape index (κ2) is 6.07. The fourth-order valence-corrected chi connectivity index (χ4v) is 2.03. The molecule has 104 valence electrons. The molecule has 2 amide bonds. The average Bonchev–Trinajstić information content (AvgIpc) is 2.97. The van der Waals surface area contributed by atoms with E-state index in [4.69, 9.17) is 5.11 Å². The van der Waals surface area contributed by atoms with Gasteiger partial charge in [-0.05, 0) is 32.6 Å². The molecule has 0 saturated heterocycles. The van der Waals surface area contributed by atoms with Crippen LogP contribution in [0.15, 0.2) is 0 Å². The molecule has 0 aromatic carbocycles. The van der Waals surface area contributed by atoms with Gasteiger partial charge in [0.05, 0.1) is 6.42 Å². The van der Waals surface area contributed by atoms with E-state index < -0.39 is 11.5 Å². The molecular weight excluding hydrogens is 232 g/mol. The third kappa shape index (κ3) is 5.89. The maximum absolute atomic E-state index is 11.8. The summed E-state index contributed by atoms with van der Waals surface area (Å²) in [7, 11) is 0. The van der Waals surface area contributed by atoms with Crippen molar-refractivity contribution in [3.63, 3.8) is 0 Å². The van der Waals surface area contributed by atoms with Crippen molar-refractivity contribution in [2.45, 2.75) is 64.5 Å². The van der Waals surface area contributed by atoms with Crippen LogP contribution in [0.5, 0.6) is 0 Å². The largest absolute Gasteiger partial charge is 0.481 e. The van der Waals surface area contributed by atoms with E-state index in [1.807, 2.05) is 0 Å². The van der Waals surface area contributed by atoms with Crippen LogP contribution >= 0.6 is 0 Å². The molecular formula is C13H24N2O3. The zero-order valence-electron chi connectivity index (χ0n) is 11.5. The quantitative estimate of drug-likeness (QED) is 0.653. The minimum absolute atomic E-state index is 0.0835. The number of aliphatic carboxylic acids is 1. The number of amides is 2. The van der Waals surface area contributed by atoms with Crippen LogP contribution in [0.3, 0.4) is 0 Å². The van der Waals surface area contributed by atoms with Gasteiger partial charge in [-0.1, -0.05) is 19.8 Å².